The average Bonchev–Trinajstić information content (AvgIpc) is 3.45. The lowest BCUT2D eigenvalue weighted by Crippen LogP contribution is -2.35. The molecule has 7 nitrogen and oxygen atoms in total. The molecule has 5 rings (SSSR count). The zero-order valence-corrected chi connectivity index (χ0v) is 22.5. The van der Waals surface area contributed by atoms with Crippen LogP contribution in [-0.4, -0.2) is 57.1 Å². The number of oxazole rings is 1. The summed E-state index contributed by atoms with van der Waals surface area (Å²) in [6.45, 7) is -0.422. The molecule has 1 unspecified atom stereocenters. The van der Waals surface area contributed by atoms with Crippen molar-refractivity contribution in [1.82, 2.24) is 9.88 Å². The number of benzene rings is 3. The number of nitrogens with zero attached hydrogens (tertiary/aromatic N) is 3. The zero-order valence-electron chi connectivity index (χ0n) is 20.8. The number of thioether (sulfide) groups is 1. The van der Waals surface area contributed by atoms with Gasteiger partial charge in [0.15, 0.2) is 5.58 Å². The van der Waals surface area contributed by atoms with Gasteiger partial charge in [-0.15, -0.1) is 0 Å². The summed E-state index contributed by atoms with van der Waals surface area (Å²) in [5.74, 6) is -0.804. The maximum Gasteiger partial charge on any atom is 0.323 e. The van der Waals surface area contributed by atoms with Crippen molar-refractivity contribution in [3.05, 3.63) is 83.9 Å². The molecule has 1 aromatic heterocycles. The van der Waals surface area contributed by atoms with Crippen molar-refractivity contribution in [3.63, 3.8) is 0 Å². The predicted octanol–water partition coefficient (Wildman–Crippen LogP) is 5.81. The standard InChI is InChI=1S/C29H25N3O4S2/c1-31(2)22-13-11-19(12-14-22)21(16-25-28(35)32(17-26(33)34)29(37)38-25)15-18-7-9-20(10-8-18)27-30-23-5-3-4-6-24(23)36-27/h3-15,25H,16-17H2,1-2H3,(H,33,34)/b21-15+. The number of carbonyl (C=O) groups is 2. The van der Waals surface area contributed by atoms with E-state index in [-0.39, 0.29) is 5.91 Å². The SMILES string of the molecule is CN(C)c1ccc(/C(=C/c2ccc(-c3nc4ccccc4o3)cc2)CC2SC(=S)N(CC(=O)O)C2=O)cc1. The van der Waals surface area contributed by atoms with Gasteiger partial charge >= 0.3 is 5.97 Å². The highest BCUT2D eigenvalue weighted by atomic mass is 32.2. The molecule has 9 heteroatoms. The van der Waals surface area contributed by atoms with Crippen molar-refractivity contribution in [2.24, 2.45) is 0 Å². The number of allylic oxidation sites excluding steroid dienone is 1. The van der Waals surface area contributed by atoms with Gasteiger partial charge in [-0.25, -0.2) is 4.98 Å². The van der Waals surface area contributed by atoms with Crippen molar-refractivity contribution >= 4 is 68.6 Å². The Hall–Kier alpha value is -3.95. The number of amides is 1. The molecule has 192 valence electrons. The maximum atomic E-state index is 13.0. The fourth-order valence-corrected chi connectivity index (χ4v) is 5.78. The molecule has 0 bridgehead atoms. The molecule has 1 saturated heterocycles. The number of hydrogen-bond acceptors (Lipinski definition) is 7. The molecule has 1 N–H and O–H groups in total. The van der Waals surface area contributed by atoms with Crippen LogP contribution in [0.25, 0.3) is 34.2 Å². The van der Waals surface area contributed by atoms with Crippen LogP contribution in [0.4, 0.5) is 5.69 Å². The summed E-state index contributed by atoms with van der Waals surface area (Å²) < 4.78 is 6.19. The van der Waals surface area contributed by atoms with E-state index in [1.54, 1.807) is 0 Å². The fraction of sp³-hybridized carbons (Fsp3) is 0.172. The predicted molar refractivity (Wildman–Crippen MR) is 156 cm³/mol. The Labute approximate surface area is 229 Å². The topological polar surface area (TPSA) is 86.9 Å². The lowest BCUT2D eigenvalue weighted by molar-refractivity contribution is -0.141. The quantitative estimate of drug-likeness (QED) is 0.220. The van der Waals surface area contributed by atoms with Crippen LogP contribution in [0.15, 0.2) is 77.2 Å². The first-order chi connectivity index (χ1) is 18.3. The van der Waals surface area contributed by atoms with E-state index in [0.29, 0.717) is 16.6 Å². The van der Waals surface area contributed by atoms with Gasteiger partial charge in [-0.3, -0.25) is 14.5 Å². The van der Waals surface area contributed by atoms with E-state index >= 15 is 0 Å². The molecular weight excluding hydrogens is 518 g/mol. The van der Waals surface area contributed by atoms with E-state index in [1.165, 1.54) is 16.7 Å². The lowest BCUT2D eigenvalue weighted by atomic mass is 9.97. The molecule has 3 aromatic carbocycles. The molecule has 0 aliphatic carbocycles. The molecule has 1 amide bonds. The van der Waals surface area contributed by atoms with Gasteiger partial charge in [0.25, 0.3) is 0 Å². The van der Waals surface area contributed by atoms with Crippen LogP contribution in [0.2, 0.25) is 0 Å². The Bertz CT molecular complexity index is 1510. The minimum atomic E-state index is -1.09. The third-order valence-electron chi connectivity index (χ3n) is 6.25. The molecule has 1 aliphatic heterocycles. The third kappa shape index (κ3) is 5.49. The highest BCUT2D eigenvalue weighted by Crippen LogP contribution is 2.36. The summed E-state index contributed by atoms with van der Waals surface area (Å²) in [4.78, 5) is 32.0. The average molecular weight is 544 g/mol. The Morgan fingerprint density at radius 3 is 2.47 bits per heavy atom. The summed E-state index contributed by atoms with van der Waals surface area (Å²) in [6, 6.07) is 23.7. The number of para-hydroxylation sites is 2. The molecular formula is C29H25N3O4S2. The summed E-state index contributed by atoms with van der Waals surface area (Å²) in [7, 11) is 3.96. The number of aliphatic carboxylic acids is 1. The molecule has 1 fully saturated rings. The highest BCUT2D eigenvalue weighted by Gasteiger charge is 2.38. The van der Waals surface area contributed by atoms with Crippen LogP contribution in [0.1, 0.15) is 17.5 Å². The fourth-order valence-electron chi connectivity index (χ4n) is 4.26. The summed E-state index contributed by atoms with van der Waals surface area (Å²) in [6.07, 6.45) is 2.46. The summed E-state index contributed by atoms with van der Waals surface area (Å²) in [5.41, 5.74) is 6.37. The number of rotatable bonds is 8. The van der Waals surface area contributed by atoms with Crippen LogP contribution >= 0.6 is 24.0 Å². The third-order valence-corrected chi connectivity index (χ3v) is 7.83. The zero-order chi connectivity index (χ0) is 26.8. The summed E-state index contributed by atoms with van der Waals surface area (Å²) >= 11 is 6.55. The monoisotopic (exact) mass is 543 g/mol. The second kappa shape index (κ2) is 10.8. The molecule has 38 heavy (non-hydrogen) atoms. The smallest absolute Gasteiger partial charge is 0.323 e. The number of carboxylic acids is 1. The van der Waals surface area contributed by atoms with Gasteiger partial charge in [0.05, 0.1) is 5.25 Å². The number of anilines is 1. The molecule has 0 spiro atoms. The first-order valence-corrected chi connectivity index (χ1v) is 13.3. The summed E-state index contributed by atoms with van der Waals surface area (Å²) in [5, 5.41) is 8.69. The number of carboxylic acid groups (broad SMARTS) is 1. The van der Waals surface area contributed by atoms with Crippen LogP contribution in [-0.2, 0) is 9.59 Å². The minimum absolute atomic E-state index is 0.274. The lowest BCUT2D eigenvalue weighted by Gasteiger charge is -2.16. The number of carbonyl (C=O) groups excluding carboxylic acids is 1. The van der Waals surface area contributed by atoms with Crippen LogP contribution < -0.4 is 4.90 Å². The maximum absolute atomic E-state index is 13.0. The van der Waals surface area contributed by atoms with E-state index < -0.39 is 17.8 Å². The van der Waals surface area contributed by atoms with Gasteiger partial charge in [-0.1, -0.05) is 66.5 Å². The Kier molecular flexibility index (Phi) is 7.31. The minimum Gasteiger partial charge on any atom is -0.480 e. The molecule has 1 atom stereocenters. The first kappa shape index (κ1) is 25.7. The van der Waals surface area contributed by atoms with Gasteiger partial charge in [0.1, 0.15) is 16.4 Å². The van der Waals surface area contributed by atoms with Gasteiger partial charge in [0.2, 0.25) is 11.8 Å². The van der Waals surface area contributed by atoms with E-state index in [0.717, 1.165) is 39.1 Å². The van der Waals surface area contributed by atoms with Crippen molar-refractivity contribution in [2.75, 3.05) is 25.5 Å². The largest absolute Gasteiger partial charge is 0.480 e. The molecule has 4 aromatic rings. The van der Waals surface area contributed by atoms with E-state index in [4.69, 9.17) is 16.6 Å². The molecule has 0 saturated carbocycles. The highest BCUT2D eigenvalue weighted by molar-refractivity contribution is 8.24. The second-order valence-electron chi connectivity index (χ2n) is 9.11. The molecule has 1 aliphatic rings. The van der Waals surface area contributed by atoms with Crippen molar-refractivity contribution in [1.29, 1.82) is 0 Å². The number of fused-ring (bicyclic) bond motifs is 1. The van der Waals surface area contributed by atoms with E-state index in [1.807, 2.05) is 91.8 Å². The van der Waals surface area contributed by atoms with Crippen LogP contribution in [0.5, 0.6) is 0 Å². The number of aromatic nitrogens is 1. The van der Waals surface area contributed by atoms with Crippen LogP contribution in [0, 0.1) is 0 Å². The van der Waals surface area contributed by atoms with E-state index in [2.05, 4.69) is 11.1 Å². The van der Waals surface area contributed by atoms with Crippen LogP contribution in [0.3, 0.4) is 0 Å². The first-order valence-electron chi connectivity index (χ1n) is 12.0. The Balaban J connectivity index is 1.45. The van der Waals surface area contributed by atoms with Gasteiger partial charge in [-0.2, -0.15) is 0 Å². The molecule has 0 radical (unpaired) electrons. The van der Waals surface area contributed by atoms with Crippen molar-refractivity contribution in [3.8, 4) is 11.5 Å². The number of hydrogen-bond donors (Lipinski definition) is 1. The normalized spacial score (nSPS) is 15.9. The van der Waals surface area contributed by atoms with Gasteiger partial charge in [0, 0.05) is 25.3 Å². The van der Waals surface area contributed by atoms with Gasteiger partial charge < -0.3 is 14.4 Å². The van der Waals surface area contributed by atoms with Crippen molar-refractivity contribution < 1.29 is 19.1 Å². The Morgan fingerprint density at radius 1 is 1.11 bits per heavy atom. The molecule has 2 heterocycles. The number of thiocarbonyl (C=S) groups is 1. The van der Waals surface area contributed by atoms with Crippen molar-refractivity contribution in [2.45, 2.75) is 11.7 Å². The second-order valence-corrected chi connectivity index (χ2v) is 11.0. The Morgan fingerprint density at radius 2 is 1.82 bits per heavy atom. The van der Waals surface area contributed by atoms with E-state index in [9.17, 15) is 14.7 Å². The van der Waals surface area contributed by atoms with Gasteiger partial charge in [-0.05, 0) is 59.5 Å².